The average molecular weight is 1410 g/mol. The summed E-state index contributed by atoms with van der Waals surface area (Å²) in [5.41, 5.74) is -0.675. The number of ketones is 1. The van der Waals surface area contributed by atoms with E-state index in [1.165, 1.54) is 16.7 Å². The molecular weight excluding hydrogens is 1310 g/mol. The van der Waals surface area contributed by atoms with Crippen molar-refractivity contribution in [3.8, 4) is 23.3 Å². The number of esters is 2. The van der Waals surface area contributed by atoms with Crippen LogP contribution in [0.2, 0.25) is 0 Å². The van der Waals surface area contributed by atoms with E-state index in [1.54, 1.807) is 46.3 Å². The molecule has 546 valence electrons. The van der Waals surface area contributed by atoms with Crippen LogP contribution in [0.15, 0.2) is 36.4 Å². The molecule has 12 rings (SSSR count). The van der Waals surface area contributed by atoms with Gasteiger partial charge < -0.3 is 43.3 Å². The van der Waals surface area contributed by atoms with Crippen molar-refractivity contribution in [1.29, 1.82) is 0 Å². The number of hydrogen-bond donors (Lipinski definition) is 2. The van der Waals surface area contributed by atoms with E-state index in [-0.39, 0.29) is 50.1 Å². The van der Waals surface area contributed by atoms with Gasteiger partial charge >= 0.3 is 17.9 Å². The van der Waals surface area contributed by atoms with E-state index in [9.17, 15) is 55.9 Å². The Kier molecular flexibility index (Phi) is 20.5. The second kappa shape index (κ2) is 27.8. The van der Waals surface area contributed by atoms with Crippen LogP contribution in [-0.4, -0.2) is 159 Å². The Labute approximate surface area is 584 Å². The molecule has 100 heavy (non-hydrogen) atoms. The maximum absolute atomic E-state index is 14.9. The fourth-order valence-electron chi connectivity index (χ4n) is 15.6. The zero-order chi connectivity index (χ0) is 72.6. The third kappa shape index (κ3) is 15.4. The summed E-state index contributed by atoms with van der Waals surface area (Å²) in [5.74, 6) is -6.95. The minimum atomic E-state index is -4.19. The number of carbonyl (C=O) groups excluding carboxylic acids is 6. The number of Topliss-reactive ketones (excluding diaryl/α,β-unsaturated/α-hetero) is 1. The van der Waals surface area contributed by atoms with E-state index in [0.29, 0.717) is 71.2 Å². The minimum Gasteiger partial charge on any atom is -0.497 e. The van der Waals surface area contributed by atoms with Crippen molar-refractivity contribution in [2.75, 3.05) is 27.3 Å². The van der Waals surface area contributed by atoms with Gasteiger partial charge in [0, 0.05) is 48.1 Å². The van der Waals surface area contributed by atoms with E-state index in [0.717, 1.165) is 75.4 Å². The molecule has 2 N–H and O–H groups in total. The number of carbonyl (C=O) groups is 7. The van der Waals surface area contributed by atoms with Gasteiger partial charge in [0.2, 0.25) is 45.9 Å². The number of sulfonamides is 1. The average Bonchev–Trinajstić information content (AvgIpc) is 1.56. The monoisotopic (exact) mass is 1410 g/mol. The second-order valence-corrected chi connectivity index (χ2v) is 34.7. The summed E-state index contributed by atoms with van der Waals surface area (Å²) in [6.45, 7) is 20.0. The second-order valence-electron chi connectivity index (χ2n) is 32.5. The Morgan fingerprint density at radius 1 is 0.650 bits per heavy atom. The van der Waals surface area contributed by atoms with Gasteiger partial charge in [0.05, 0.1) is 90.3 Å². The first-order chi connectivity index (χ1) is 46.9. The Morgan fingerprint density at radius 3 is 1.49 bits per heavy atom. The van der Waals surface area contributed by atoms with Crippen LogP contribution in [0.4, 0.5) is 8.78 Å². The number of ether oxygens (including phenoxy) is 6. The van der Waals surface area contributed by atoms with E-state index in [2.05, 4.69) is 0 Å². The maximum atomic E-state index is 14.9. The standard InChI is InChI=1S/C42H56F2N4O9S.C32H43N3O7/c1-23-32-22-48(34(23)31(49)21-42(20-27(42)35(43)44)38(52)47-58(53,54)40(5)15-16-40)37(51)26(39(2,3)4)18-33(50)57-41(6)19-24(41)11-9-8-10-12-29-36(56-32)46-30-17-25(55-7)13-14-28(30)45-29;1-18-25-17-35(27(18)30(38)39)29(37)21(31(2,3)4)15-26(36)42-32(5)16-19(32)10-8-7-9-11-23-28(41-25)34-24-14-20(40-6)12-13-22(24)33-23/h13-14,17,23-24,26-27,32,34-35H,8-12,15-16,18-22H2,1-7H3,(H,47,52);12-14,18-19,21,25,27H,7-11,15-17H2,1-6H3,(H,38,39)/t23-,24-,26-,27+,32+,34+,41-,42-;18-,19-,21-,25+,27+,32-/m11/s1. The zero-order valence-electron chi connectivity index (χ0n) is 60.0. The highest BCUT2D eigenvalue weighted by atomic mass is 32.2. The molecule has 2 aromatic heterocycles. The highest BCUT2D eigenvalue weighted by Gasteiger charge is 2.67. The molecule has 3 amide bonds. The molecule has 0 unspecified atom stereocenters. The van der Waals surface area contributed by atoms with Crippen molar-refractivity contribution in [3.05, 3.63) is 47.8 Å². The molecule has 4 aliphatic carbocycles. The van der Waals surface area contributed by atoms with Gasteiger partial charge in [-0.25, -0.2) is 41.9 Å². The van der Waals surface area contributed by atoms with Crippen molar-refractivity contribution >= 4 is 73.5 Å². The topological polar surface area (TPSA) is 299 Å². The lowest BCUT2D eigenvalue weighted by Gasteiger charge is -2.35. The molecule has 0 spiro atoms. The van der Waals surface area contributed by atoms with Crippen molar-refractivity contribution in [3.63, 3.8) is 0 Å². The summed E-state index contributed by atoms with van der Waals surface area (Å²) in [5, 5.41) is 10.2. The van der Waals surface area contributed by atoms with Gasteiger partial charge in [0.1, 0.15) is 52.3 Å². The van der Waals surface area contributed by atoms with Crippen molar-refractivity contribution in [2.45, 2.75) is 238 Å². The van der Waals surface area contributed by atoms with Crippen LogP contribution in [0, 0.1) is 57.7 Å². The third-order valence-corrected chi connectivity index (χ3v) is 25.2. The number of aromatic nitrogens is 4. The normalized spacial score (nSPS) is 31.8. The number of nitrogens with zero attached hydrogens (tertiary/aromatic N) is 6. The Morgan fingerprint density at radius 2 is 1.09 bits per heavy atom. The molecule has 23 nitrogen and oxygen atoms in total. The number of aliphatic carboxylic acids is 1. The lowest BCUT2D eigenvalue weighted by atomic mass is 9.77. The molecule has 2 aromatic carbocycles. The quantitative estimate of drug-likeness (QED) is 0.139. The predicted octanol–water partition coefficient (Wildman–Crippen LogP) is 10.8. The summed E-state index contributed by atoms with van der Waals surface area (Å²) in [4.78, 5) is 119. The van der Waals surface area contributed by atoms with Crippen LogP contribution in [-0.2, 0) is 65.9 Å². The lowest BCUT2D eigenvalue weighted by Crippen LogP contribution is -2.50. The molecule has 6 fully saturated rings. The number of alkyl halides is 2. The van der Waals surface area contributed by atoms with Gasteiger partial charge in [0.25, 0.3) is 0 Å². The number of fused-ring (bicyclic) bond motifs is 10. The molecule has 2 saturated heterocycles. The largest absolute Gasteiger partial charge is 0.497 e. The molecule has 14 atom stereocenters. The van der Waals surface area contributed by atoms with Crippen LogP contribution >= 0.6 is 0 Å². The van der Waals surface area contributed by atoms with Crippen LogP contribution in [0.5, 0.6) is 23.3 Å². The summed E-state index contributed by atoms with van der Waals surface area (Å²) in [7, 11) is -1.06. The first-order valence-electron chi connectivity index (χ1n) is 35.6. The van der Waals surface area contributed by atoms with Gasteiger partial charge in [-0.2, -0.15) is 0 Å². The number of halogens is 2. The first kappa shape index (κ1) is 73.8. The molecule has 4 aromatic rings. The summed E-state index contributed by atoms with van der Waals surface area (Å²) >= 11 is 0. The number of rotatable bonds is 10. The van der Waals surface area contributed by atoms with Crippen molar-refractivity contribution in [2.24, 2.45) is 57.7 Å². The van der Waals surface area contributed by atoms with Crippen molar-refractivity contribution in [1.82, 2.24) is 34.5 Å². The number of aryl methyl sites for hydroxylation is 2. The molecule has 4 saturated carbocycles. The van der Waals surface area contributed by atoms with Gasteiger partial charge in [0.15, 0.2) is 5.78 Å². The third-order valence-electron chi connectivity index (χ3n) is 23.1. The zero-order valence-corrected chi connectivity index (χ0v) is 60.8. The SMILES string of the molecule is COc1ccc2nc3c(nc2c1)O[C@H]1CN(C(=O)[C@H](C(C)(C)C)CC(=O)O[C@]2(C)C[C@H]2CCCCC3)[C@H](C(=O)C[C@]2(C(=O)NS(=O)(=O)C3(C)CC3)C[C@H]2C(F)F)[C@@H]1C.COc1ccc2nc3c(nc2c1)O[C@H]1CN(C(=O)[C@H](C(C)(C)C)CC(=O)O[C@]2(C)C[C@H]2CCCCC3)[C@H](C(=O)O)[C@@H]1C. The number of nitrogens with one attached hydrogen (secondary N) is 1. The van der Waals surface area contributed by atoms with Gasteiger partial charge in [-0.05, 0) is 126 Å². The van der Waals surface area contributed by atoms with Gasteiger partial charge in [-0.15, -0.1) is 0 Å². The van der Waals surface area contributed by atoms with Gasteiger partial charge in [-0.3, -0.25) is 33.5 Å². The summed E-state index contributed by atoms with van der Waals surface area (Å²) < 4.78 is 91.6. The number of hydrogen-bond acceptors (Lipinski definition) is 19. The molecule has 4 bridgehead atoms. The van der Waals surface area contributed by atoms with Crippen LogP contribution in [0.25, 0.3) is 22.1 Å². The Bertz CT molecular complexity index is 3970. The van der Waals surface area contributed by atoms with E-state index in [1.807, 2.05) is 78.3 Å². The van der Waals surface area contributed by atoms with E-state index < -0.39 is 144 Å². The Hall–Kier alpha value is -7.38. The lowest BCUT2D eigenvalue weighted by molar-refractivity contribution is -0.159. The molecular formula is C74H99F2N7O16S. The minimum absolute atomic E-state index is 0.0651. The number of carboxylic acid groups (broad SMARTS) is 1. The molecule has 6 heterocycles. The first-order valence-corrected chi connectivity index (χ1v) is 37.1. The fourth-order valence-corrected chi connectivity index (χ4v) is 16.9. The molecule has 0 radical (unpaired) electrons. The number of amides is 3. The van der Waals surface area contributed by atoms with Crippen LogP contribution < -0.4 is 23.7 Å². The molecule has 8 aliphatic rings. The van der Waals surface area contributed by atoms with Crippen LogP contribution in [0.3, 0.4) is 0 Å². The summed E-state index contributed by atoms with van der Waals surface area (Å²) in [6, 6.07) is 8.49. The highest BCUT2D eigenvalue weighted by molar-refractivity contribution is 7.91. The van der Waals surface area contributed by atoms with Crippen molar-refractivity contribution < 1.29 is 84.3 Å². The molecule has 4 aliphatic heterocycles. The number of benzene rings is 2. The maximum Gasteiger partial charge on any atom is 0.326 e. The predicted molar refractivity (Wildman–Crippen MR) is 364 cm³/mol. The summed E-state index contributed by atoms with van der Waals surface area (Å²) in [6.07, 6.45) is 4.76. The number of carboxylic acids is 1. The molecule has 26 heteroatoms. The van der Waals surface area contributed by atoms with Crippen LogP contribution in [0.1, 0.15) is 190 Å². The fraction of sp³-hybridized carbons (Fsp3) is 0.689. The van der Waals surface area contributed by atoms with E-state index >= 15 is 0 Å². The highest BCUT2D eigenvalue weighted by Crippen LogP contribution is 2.60. The number of methoxy groups -OCH3 is 2. The Balaban J connectivity index is 0.000000212. The van der Waals surface area contributed by atoms with E-state index in [4.69, 9.17) is 48.4 Å². The smallest absolute Gasteiger partial charge is 0.326 e. The van der Waals surface area contributed by atoms with Gasteiger partial charge in [-0.1, -0.05) is 81.1 Å².